The van der Waals surface area contributed by atoms with Crippen molar-refractivity contribution in [3.63, 3.8) is 0 Å². The first-order valence-electron chi connectivity index (χ1n) is 3.14. The number of aromatic carboxylic acids is 2. The van der Waals surface area contributed by atoms with Crippen LogP contribution in [0.1, 0.15) is 21.0 Å². The number of hydrogen-bond donors (Lipinski definition) is 2. The fourth-order valence-electron chi connectivity index (χ4n) is 0.867. The summed E-state index contributed by atoms with van der Waals surface area (Å²) in [4.78, 5) is 21.0. The number of carbonyl (C=O) groups is 2. The third-order valence-corrected chi connectivity index (χ3v) is 1.75. The molecule has 0 aromatic carbocycles. The lowest BCUT2D eigenvalue weighted by Gasteiger charge is -1.92. The topological polar surface area (TPSA) is 92.4 Å². The SMILES string of the molecule is Cn1nc(C(=O)O)c(Cl)c1C(=O)O. The monoisotopic (exact) mass is 204 g/mol. The van der Waals surface area contributed by atoms with Crippen molar-refractivity contribution in [1.29, 1.82) is 0 Å². The van der Waals surface area contributed by atoms with Crippen LogP contribution in [0.4, 0.5) is 0 Å². The summed E-state index contributed by atoms with van der Waals surface area (Å²) < 4.78 is 0.911. The predicted molar refractivity (Wildman–Crippen MR) is 42.1 cm³/mol. The van der Waals surface area contributed by atoms with E-state index in [1.54, 1.807) is 0 Å². The fraction of sp³-hybridized carbons (Fsp3) is 0.167. The highest BCUT2D eigenvalue weighted by molar-refractivity contribution is 6.35. The van der Waals surface area contributed by atoms with E-state index in [9.17, 15) is 9.59 Å². The number of halogens is 1. The molecule has 1 aromatic rings. The van der Waals surface area contributed by atoms with E-state index in [4.69, 9.17) is 21.8 Å². The van der Waals surface area contributed by atoms with Gasteiger partial charge in [0.2, 0.25) is 0 Å². The highest BCUT2D eigenvalue weighted by Gasteiger charge is 2.23. The lowest BCUT2D eigenvalue weighted by molar-refractivity contribution is 0.0677. The van der Waals surface area contributed by atoms with Crippen LogP contribution in [0, 0.1) is 0 Å². The van der Waals surface area contributed by atoms with Crippen molar-refractivity contribution < 1.29 is 19.8 Å². The lowest BCUT2D eigenvalue weighted by Crippen LogP contribution is -2.05. The smallest absolute Gasteiger partial charge is 0.358 e. The summed E-state index contributed by atoms with van der Waals surface area (Å²) >= 11 is 5.47. The molecular formula is C6H5ClN2O4. The number of carboxylic acids is 2. The first-order valence-corrected chi connectivity index (χ1v) is 3.52. The van der Waals surface area contributed by atoms with E-state index in [0.29, 0.717) is 0 Å². The third-order valence-electron chi connectivity index (χ3n) is 1.39. The average Bonchev–Trinajstić information content (AvgIpc) is 2.26. The molecule has 7 heteroatoms. The van der Waals surface area contributed by atoms with Gasteiger partial charge in [0.1, 0.15) is 5.02 Å². The quantitative estimate of drug-likeness (QED) is 0.731. The van der Waals surface area contributed by atoms with Crippen molar-refractivity contribution in [3.8, 4) is 0 Å². The van der Waals surface area contributed by atoms with E-state index in [0.717, 1.165) is 4.68 Å². The molecule has 0 aliphatic carbocycles. The summed E-state index contributed by atoms with van der Waals surface area (Å²) in [6.45, 7) is 0. The standard InChI is InChI=1S/C6H5ClN2O4/c1-9-4(6(12)13)2(7)3(8-9)5(10)11/h1H3,(H,10,11)(H,12,13). The maximum Gasteiger partial charge on any atom is 0.358 e. The van der Waals surface area contributed by atoms with Gasteiger partial charge in [-0.25, -0.2) is 9.59 Å². The molecular weight excluding hydrogens is 200 g/mol. The number of aromatic nitrogens is 2. The Kier molecular flexibility index (Phi) is 2.24. The van der Waals surface area contributed by atoms with Gasteiger partial charge in [0.05, 0.1) is 0 Å². The Balaban J connectivity index is 3.39. The van der Waals surface area contributed by atoms with Gasteiger partial charge < -0.3 is 10.2 Å². The Morgan fingerprint density at radius 3 is 2.15 bits per heavy atom. The first-order chi connectivity index (χ1) is 5.95. The summed E-state index contributed by atoms with van der Waals surface area (Å²) in [6, 6.07) is 0. The van der Waals surface area contributed by atoms with Gasteiger partial charge in [-0.1, -0.05) is 11.6 Å². The Hall–Kier alpha value is -1.56. The van der Waals surface area contributed by atoms with E-state index < -0.39 is 17.6 Å². The zero-order valence-corrected chi connectivity index (χ0v) is 7.24. The van der Waals surface area contributed by atoms with Gasteiger partial charge in [0, 0.05) is 7.05 Å². The van der Waals surface area contributed by atoms with E-state index in [1.807, 2.05) is 0 Å². The van der Waals surface area contributed by atoms with Crippen molar-refractivity contribution in [3.05, 3.63) is 16.4 Å². The number of aryl methyl sites for hydroxylation is 1. The van der Waals surface area contributed by atoms with Crippen LogP contribution in [0.15, 0.2) is 0 Å². The zero-order valence-electron chi connectivity index (χ0n) is 6.48. The zero-order chi connectivity index (χ0) is 10.2. The molecule has 0 fully saturated rings. The van der Waals surface area contributed by atoms with Gasteiger partial charge in [-0.3, -0.25) is 4.68 Å². The van der Waals surface area contributed by atoms with Gasteiger partial charge >= 0.3 is 11.9 Å². The molecule has 0 atom stereocenters. The normalized spacial score (nSPS) is 10.0. The minimum absolute atomic E-state index is 0.334. The number of hydrogen-bond acceptors (Lipinski definition) is 3. The van der Waals surface area contributed by atoms with Crippen LogP contribution in [0.25, 0.3) is 0 Å². The minimum atomic E-state index is -1.35. The lowest BCUT2D eigenvalue weighted by atomic mass is 10.3. The third kappa shape index (κ3) is 1.48. The Labute approximate surface area is 77.3 Å². The molecule has 1 rings (SSSR count). The van der Waals surface area contributed by atoms with E-state index in [1.165, 1.54) is 7.05 Å². The molecule has 70 valence electrons. The molecule has 0 spiro atoms. The van der Waals surface area contributed by atoms with Crippen LogP contribution < -0.4 is 0 Å². The second-order valence-corrected chi connectivity index (χ2v) is 2.62. The van der Waals surface area contributed by atoms with Crippen LogP contribution >= 0.6 is 11.6 Å². The maximum atomic E-state index is 10.5. The minimum Gasteiger partial charge on any atom is -0.476 e. The number of nitrogens with zero attached hydrogens (tertiary/aromatic N) is 2. The summed E-state index contributed by atoms with van der Waals surface area (Å²) in [5.41, 5.74) is -0.791. The van der Waals surface area contributed by atoms with Crippen LogP contribution in [-0.4, -0.2) is 31.9 Å². The van der Waals surface area contributed by atoms with Gasteiger partial charge in [-0.2, -0.15) is 5.10 Å². The molecule has 0 saturated heterocycles. The van der Waals surface area contributed by atoms with Crippen LogP contribution in [0.5, 0.6) is 0 Å². The highest BCUT2D eigenvalue weighted by atomic mass is 35.5. The Morgan fingerprint density at radius 1 is 1.38 bits per heavy atom. The van der Waals surface area contributed by atoms with E-state index >= 15 is 0 Å². The Morgan fingerprint density at radius 2 is 1.92 bits per heavy atom. The molecule has 0 unspecified atom stereocenters. The first kappa shape index (κ1) is 9.53. The molecule has 0 bridgehead atoms. The molecule has 1 aromatic heterocycles. The van der Waals surface area contributed by atoms with Crippen molar-refractivity contribution in [1.82, 2.24) is 9.78 Å². The van der Waals surface area contributed by atoms with Crippen molar-refractivity contribution in [2.75, 3.05) is 0 Å². The van der Waals surface area contributed by atoms with Crippen molar-refractivity contribution in [2.45, 2.75) is 0 Å². The van der Waals surface area contributed by atoms with Gasteiger partial charge in [-0.05, 0) is 0 Å². The van der Waals surface area contributed by atoms with Crippen LogP contribution in [0.2, 0.25) is 5.02 Å². The molecule has 0 amide bonds. The van der Waals surface area contributed by atoms with Crippen molar-refractivity contribution in [2.24, 2.45) is 7.05 Å². The molecule has 2 N–H and O–H groups in total. The molecule has 1 heterocycles. The average molecular weight is 205 g/mol. The number of carboxylic acid groups (broad SMARTS) is 2. The number of rotatable bonds is 2. The molecule has 0 radical (unpaired) electrons. The molecule has 13 heavy (non-hydrogen) atoms. The van der Waals surface area contributed by atoms with E-state index in [2.05, 4.69) is 5.10 Å². The predicted octanol–water partition coefficient (Wildman–Crippen LogP) is 0.470. The fourth-order valence-corrected chi connectivity index (χ4v) is 1.19. The molecule has 0 aliphatic heterocycles. The molecule has 6 nitrogen and oxygen atoms in total. The summed E-state index contributed by atoms with van der Waals surface area (Å²) in [5.74, 6) is -2.67. The van der Waals surface area contributed by atoms with Gasteiger partial charge in [0.15, 0.2) is 11.4 Å². The second-order valence-electron chi connectivity index (χ2n) is 2.25. The van der Waals surface area contributed by atoms with E-state index in [-0.39, 0.29) is 10.7 Å². The maximum absolute atomic E-state index is 10.5. The summed E-state index contributed by atoms with van der Waals surface area (Å²) in [6.07, 6.45) is 0. The van der Waals surface area contributed by atoms with Crippen LogP contribution in [-0.2, 0) is 7.05 Å². The van der Waals surface area contributed by atoms with Gasteiger partial charge in [-0.15, -0.1) is 0 Å². The summed E-state index contributed by atoms with van der Waals surface area (Å²) in [5, 5.41) is 20.2. The van der Waals surface area contributed by atoms with Crippen LogP contribution in [0.3, 0.4) is 0 Å². The second kappa shape index (κ2) is 3.06. The molecule has 0 saturated carbocycles. The molecule has 0 aliphatic rings. The largest absolute Gasteiger partial charge is 0.476 e. The summed E-state index contributed by atoms with van der Waals surface area (Å²) in [7, 11) is 1.31. The highest BCUT2D eigenvalue weighted by Crippen LogP contribution is 2.19. The Bertz CT molecular complexity index is 384. The van der Waals surface area contributed by atoms with Gasteiger partial charge in [0.25, 0.3) is 0 Å². The van der Waals surface area contributed by atoms with Crippen molar-refractivity contribution >= 4 is 23.5 Å².